The monoisotopic (exact) mass is 401 g/mol. The SMILES string of the molecule is CCNC(=NCc1cccc(-c2cccc(C)c2)c1)NC(C)CCS(C)(=O)=O. The van der Waals surface area contributed by atoms with Crippen molar-refractivity contribution in [3.8, 4) is 11.1 Å². The Labute approximate surface area is 169 Å². The van der Waals surface area contributed by atoms with E-state index in [1.54, 1.807) is 0 Å². The Kier molecular flexibility index (Phi) is 8.05. The van der Waals surface area contributed by atoms with Gasteiger partial charge < -0.3 is 10.6 Å². The van der Waals surface area contributed by atoms with Crippen LogP contribution in [0.15, 0.2) is 53.5 Å². The quantitative estimate of drug-likeness (QED) is 0.524. The van der Waals surface area contributed by atoms with Gasteiger partial charge in [0.2, 0.25) is 0 Å². The van der Waals surface area contributed by atoms with Crippen molar-refractivity contribution in [2.45, 2.75) is 39.8 Å². The van der Waals surface area contributed by atoms with Gasteiger partial charge in [0.25, 0.3) is 0 Å². The van der Waals surface area contributed by atoms with E-state index >= 15 is 0 Å². The third-order valence-electron chi connectivity index (χ3n) is 4.35. The molecule has 6 heteroatoms. The molecule has 0 fully saturated rings. The molecule has 1 unspecified atom stereocenters. The molecule has 0 amide bonds. The average molecular weight is 402 g/mol. The largest absolute Gasteiger partial charge is 0.357 e. The van der Waals surface area contributed by atoms with Crippen LogP contribution < -0.4 is 10.6 Å². The molecule has 0 saturated carbocycles. The number of aryl methyl sites for hydroxylation is 1. The van der Waals surface area contributed by atoms with E-state index in [0.29, 0.717) is 18.9 Å². The van der Waals surface area contributed by atoms with E-state index in [4.69, 9.17) is 0 Å². The molecule has 0 aliphatic heterocycles. The highest BCUT2D eigenvalue weighted by Crippen LogP contribution is 2.21. The standard InChI is InChI=1S/C22H31N3O2S/c1-5-23-22(25-18(3)12-13-28(4,26)27)24-16-19-9-7-11-21(15-19)20-10-6-8-17(2)14-20/h6-11,14-15,18H,5,12-13,16H2,1-4H3,(H2,23,24,25). The van der Waals surface area contributed by atoms with Crippen LogP contribution in [-0.4, -0.2) is 39.0 Å². The third kappa shape index (κ3) is 7.72. The summed E-state index contributed by atoms with van der Waals surface area (Å²) in [6.07, 6.45) is 1.81. The van der Waals surface area contributed by atoms with Crippen molar-refractivity contribution in [3.05, 3.63) is 59.7 Å². The lowest BCUT2D eigenvalue weighted by molar-refractivity contribution is 0.581. The highest BCUT2D eigenvalue weighted by Gasteiger charge is 2.09. The van der Waals surface area contributed by atoms with Crippen LogP contribution in [0.1, 0.15) is 31.4 Å². The fourth-order valence-corrected chi connectivity index (χ4v) is 3.64. The summed E-state index contributed by atoms with van der Waals surface area (Å²) in [5, 5.41) is 6.51. The molecule has 0 aromatic heterocycles. The van der Waals surface area contributed by atoms with E-state index in [1.807, 2.05) is 13.8 Å². The number of hydrogen-bond acceptors (Lipinski definition) is 3. The average Bonchev–Trinajstić information content (AvgIpc) is 2.64. The maximum atomic E-state index is 11.4. The summed E-state index contributed by atoms with van der Waals surface area (Å²) < 4.78 is 22.7. The number of rotatable bonds is 8. The molecule has 0 radical (unpaired) electrons. The van der Waals surface area contributed by atoms with Crippen LogP contribution in [0.4, 0.5) is 0 Å². The van der Waals surface area contributed by atoms with Crippen LogP contribution in [0.2, 0.25) is 0 Å². The van der Waals surface area contributed by atoms with Gasteiger partial charge in [-0.05, 0) is 49.9 Å². The van der Waals surface area contributed by atoms with E-state index in [2.05, 4.69) is 71.1 Å². The molecule has 0 saturated heterocycles. The molecule has 2 rings (SSSR count). The fraction of sp³-hybridized carbons (Fsp3) is 0.409. The number of guanidine groups is 1. The smallest absolute Gasteiger partial charge is 0.191 e. The molecule has 28 heavy (non-hydrogen) atoms. The van der Waals surface area contributed by atoms with Gasteiger partial charge in [-0.25, -0.2) is 13.4 Å². The van der Waals surface area contributed by atoms with Gasteiger partial charge in [0.15, 0.2) is 5.96 Å². The van der Waals surface area contributed by atoms with Crippen LogP contribution in [0.3, 0.4) is 0 Å². The van der Waals surface area contributed by atoms with Gasteiger partial charge in [-0.15, -0.1) is 0 Å². The number of benzene rings is 2. The lowest BCUT2D eigenvalue weighted by Crippen LogP contribution is -2.42. The van der Waals surface area contributed by atoms with Gasteiger partial charge in [0.1, 0.15) is 9.84 Å². The van der Waals surface area contributed by atoms with Crippen molar-refractivity contribution in [3.63, 3.8) is 0 Å². The zero-order chi connectivity index (χ0) is 20.6. The van der Waals surface area contributed by atoms with E-state index < -0.39 is 9.84 Å². The second-order valence-corrected chi connectivity index (χ2v) is 9.49. The molecule has 0 spiro atoms. The highest BCUT2D eigenvalue weighted by molar-refractivity contribution is 7.90. The third-order valence-corrected chi connectivity index (χ3v) is 5.32. The maximum absolute atomic E-state index is 11.4. The molecular formula is C22H31N3O2S. The molecule has 2 N–H and O–H groups in total. The zero-order valence-corrected chi connectivity index (χ0v) is 18.0. The van der Waals surface area contributed by atoms with Crippen molar-refractivity contribution in [1.29, 1.82) is 0 Å². The molecule has 1 atom stereocenters. The summed E-state index contributed by atoms with van der Waals surface area (Å²) in [5.41, 5.74) is 4.74. The molecule has 5 nitrogen and oxygen atoms in total. The summed E-state index contributed by atoms with van der Waals surface area (Å²) >= 11 is 0. The summed E-state index contributed by atoms with van der Waals surface area (Å²) in [5.74, 6) is 0.864. The molecular weight excluding hydrogens is 370 g/mol. The highest BCUT2D eigenvalue weighted by atomic mass is 32.2. The summed E-state index contributed by atoms with van der Waals surface area (Å²) in [6.45, 7) is 7.37. The minimum absolute atomic E-state index is 0.0196. The molecule has 2 aromatic carbocycles. The Bertz CT molecular complexity index is 908. The Morgan fingerprint density at radius 2 is 1.79 bits per heavy atom. The number of nitrogens with one attached hydrogen (secondary N) is 2. The zero-order valence-electron chi connectivity index (χ0n) is 17.2. The predicted molar refractivity (Wildman–Crippen MR) is 118 cm³/mol. The minimum atomic E-state index is -2.96. The molecule has 0 bridgehead atoms. The van der Waals surface area contributed by atoms with Crippen molar-refractivity contribution in [1.82, 2.24) is 10.6 Å². The second-order valence-electron chi connectivity index (χ2n) is 7.23. The maximum Gasteiger partial charge on any atom is 0.191 e. The first-order valence-electron chi connectivity index (χ1n) is 9.65. The molecule has 2 aromatic rings. The van der Waals surface area contributed by atoms with E-state index in [1.165, 1.54) is 22.9 Å². The Hall–Kier alpha value is -2.34. The first kappa shape index (κ1) is 22.0. The Morgan fingerprint density at radius 1 is 1.11 bits per heavy atom. The van der Waals surface area contributed by atoms with Crippen LogP contribution in [0.5, 0.6) is 0 Å². The number of hydrogen-bond donors (Lipinski definition) is 2. The second kappa shape index (κ2) is 10.3. The van der Waals surface area contributed by atoms with Gasteiger partial charge in [0.05, 0.1) is 12.3 Å². The van der Waals surface area contributed by atoms with Crippen LogP contribution in [0, 0.1) is 6.92 Å². The summed E-state index contributed by atoms with van der Waals surface area (Å²) in [7, 11) is -2.96. The molecule has 0 aliphatic rings. The van der Waals surface area contributed by atoms with Gasteiger partial charge in [0, 0.05) is 18.8 Å². The van der Waals surface area contributed by atoms with Gasteiger partial charge in [-0.3, -0.25) is 0 Å². The van der Waals surface area contributed by atoms with E-state index in [-0.39, 0.29) is 11.8 Å². The van der Waals surface area contributed by atoms with E-state index in [0.717, 1.165) is 12.1 Å². The lowest BCUT2D eigenvalue weighted by atomic mass is 10.0. The first-order chi connectivity index (χ1) is 13.3. The van der Waals surface area contributed by atoms with Crippen LogP contribution in [0.25, 0.3) is 11.1 Å². The van der Waals surface area contributed by atoms with Crippen LogP contribution >= 0.6 is 0 Å². The van der Waals surface area contributed by atoms with Gasteiger partial charge in [-0.1, -0.05) is 48.0 Å². The van der Waals surface area contributed by atoms with Crippen molar-refractivity contribution >= 4 is 15.8 Å². The van der Waals surface area contributed by atoms with Crippen LogP contribution in [-0.2, 0) is 16.4 Å². The molecule has 152 valence electrons. The van der Waals surface area contributed by atoms with Crippen molar-refractivity contribution in [2.24, 2.45) is 4.99 Å². The topological polar surface area (TPSA) is 70.6 Å². The normalized spacial score (nSPS) is 13.2. The Balaban J connectivity index is 2.07. The molecule has 0 aliphatic carbocycles. The summed E-state index contributed by atoms with van der Waals surface area (Å²) in [4.78, 5) is 4.67. The number of aliphatic imine (C=N–C) groups is 1. The van der Waals surface area contributed by atoms with E-state index in [9.17, 15) is 8.42 Å². The van der Waals surface area contributed by atoms with Gasteiger partial charge >= 0.3 is 0 Å². The lowest BCUT2D eigenvalue weighted by Gasteiger charge is -2.17. The molecule has 0 heterocycles. The summed E-state index contributed by atoms with van der Waals surface area (Å²) in [6, 6.07) is 16.9. The fourth-order valence-electron chi connectivity index (χ4n) is 2.86. The van der Waals surface area contributed by atoms with Crippen molar-refractivity contribution < 1.29 is 8.42 Å². The Morgan fingerprint density at radius 3 is 2.43 bits per heavy atom. The first-order valence-corrected chi connectivity index (χ1v) is 11.7. The minimum Gasteiger partial charge on any atom is -0.357 e. The number of nitrogens with zero attached hydrogens (tertiary/aromatic N) is 1. The predicted octanol–water partition coefficient (Wildman–Crippen LogP) is 3.54. The number of sulfone groups is 1. The van der Waals surface area contributed by atoms with Crippen molar-refractivity contribution in [2.75, 3.05) is 18.6 Å². The van der Waals surface area contributed by atoms with Gasteiger partial charge in [-0.2, -0.15) is 0 Å².